The van der Waals surface area contributed by atoms with Gasteiger partial charge in [0.15, 0.2) is 0 Å². The van der Waals surface area contributed by atoms with Crippen LogP contribution < -0.4 is 5.32 Å². The van der Waals surface area contributed by atoms with E-state index in [2.05, 4.69) is 39.1 Å². The Balaban J connectivity index is 3.48. The highest BCUT2D eigenvalue weighted by atomic mass is 16.3. The van der Waals surface area contributed by atoms with Gasteiger partial charge < -0.3 is 10.4 Å². The Morgan fingerprint density at radius 3 is 2.47 bits per heavy atom. The van der Waals surface area contributed by atoms with Crippen molar-refractivity contribution in [3.63, 3.8) is 0 Å². The lowest BCUT2D eigenvalue weighted by Gasteiger charge is -2.16. The van der Waals surface area contributed by atoms with Crippen LogP contribution in [-0.2, 0) is 0 Å². The van der Waals surface area contributed by atoms with E-state index in [-0.39, 0.29) is 0 Å². The van der Waals surface area contributed by atoms with Crippen LogP contribution >= 0.6 is 0 Å². The van der Waals surface area contributed by atoms with E-state index >= 15 is 0 Å². The van der Waals surface area contributed by atoms with Gasteiger partial charge in [-0.25, -0.2) is 0 Å². The van der Waals surface area contributed by atoms with Gasteiger partial charge in [-0.1, -0.05) is 18.6 Å². The van der Waals surface area contributed by atoms with Gasteiger partial charge in [0, 0.05) is 12.6 Å². The highest BCUT2D eigenvalue weighted by molar-refractivity contribution is 4.93. The van der Waals surface area contributed by atoms with Gasteiger partial charge in [0.05, 0.1) is 0 Å². The minimum atomic E-state index is 0.301. The van der Waals surface area contributed by atoms with Gasteiger partial charge in [0.1, 0.15) is 0 Å². The molecule has 2 nitrogen and oxygen atoms in total. The molecule has 0 aromatic rings. The lowest BCUT2D eigenvalue weighted by Crippen LogP contribution is -2.30. The number of allylic oxidation sites excluding steroid dienone is 2. The van der Waals surface area contributed by atoms with Crippen molar-refractivity contribution < 1.29 is 5.11 Å². The molecule has 0 amide bonds. The Hall–Kier alpha value is -0.340. The number of nitrogens with one attached hydrogen (secondary N) is 1. The van der Waals surface area contributed by atoms with E-state index in [1.54, 1.807) is 0 Å². The monoisotopic (exact) mass is 213 g/mol. The van der Waals surface area contributed by atoms with Crippen molar-refractivity contribution in [1.82, 2.24) is 5.32 Å². The van der Waals surface area contributed by atoms with E-state index in [1.807, 2.05) is 0 Å². The van der Waals surface area contributed by atoms with E-state index < -0.39 is 0 Å². The van der Waals surface area contributed by atoms with Gasteiger partial charge in [-0.15, -0.1) is 0 Å². The summed E-state index contributed by atoms with van der Waals surface area (Å²) < 4.78 is 0. The average molecular weight is 213 g/mol. The molecule has 0 aliphatic carbocycles. The molecule has 0 aliphatic rings. The van der Waals surface area contributed by atoms with Gasteiger partial charge in [-0.2, -0.15) is 0 Å². The Labute approximate surface area is 94.8 Å². The predicted molar refractivity (Wildman–Crippen MR) is 67.0 cm³/mol. The Kier molecular flexibility index (Phi) is 8.73. The molecule has 0 aromatic heterocycles. The van der Waals surface area contributed by atoms with E-state index in [9.17, 15) is 0 Å². The van der Waals surface area contributed by atoms with Crippen molar-refractivity contribution in [2.75, 3.05) is 13.2 Å². The summed E-state index contributed by atoms with van der Waals surface area (Å²) in [5, 5.41) is 12.3. The summed E-state index contributed by atoms with van der Waals surface area (Å²) in [7, 11) is 0. The van der Waals surface area contributed by atoms with Gasteiger partial charge >= 0.3 is 0 Å². The quantitative estimate of drug-likeness (QED) is 0.608. The zero-order valence-electron chi connectivity index (χ0n) is 10.7. The maximum absolute atomic E-state index is 8.77. The van der Waals surface area contributed by atoms with E-state index in [0.29, 0.717) is 18.6 Å². The third-order valence-corrected chi connectivity index (χ3v) is 2.59. The minimum absolute atomic E-state index is 0.301. The second kappa shape index (κ2) is 8.93. The first kappa shape index (κ1) is 14.7. The van der Waals surface area contributed by atoms with Crippen LogP contribution in [-0.4, -0.2) is 24.3 Å². The standard InChI is InChI=1S/C13H27NO/c1-11(2)6-5-7-13(4)14-10-12(3)8-9-15/h6,12-15H,5,7-10H2,1-4H3. The zero-order chi connectivity index (χ0) is 11.7. The Morgan fingerprint density at radius 1 is 1.27 bits per heavy atom. The first-order valence-corrected chi connectivity index (χ1v) is 6.03. The largest absolute Gasteiger partial charge is 0.396 e. The highest BCUT2D eigenvalue weighted by Gasteiger charge is 2.04. The number of aliphatic hydroxyl groups excluding tert-OH is 1. The van der Waals surface area contributed by atoms with Gasteiger partial charge in [-0.3, -0.25) is 0 Å². The molecule has 0 saturated carbocycles. The number of aliphatic hydroxyl groups is 1. The predicted octanol–water partition coefficient (Wildman–Crippen LogP) is 2.73. The topological polar surface area (TPSA) is 32.3 Å². The molecular formula is C13H27NO. The molecule has 0 bridgehead atoms. The molecule has 0 spiro atoms. The fraction of sp³-hybridized carbons (Fsp3) is 0.846. The Morgan fingerprint density at radius 2 is 1.93 bits per heavy atom. The summed E-state index contributed by atoms with van der Waals surface area (Å²) in [5.74, 6) is 0.570. The van der Waals surface area contributed by atoms with Gasteiger partial charge in [0.2, 0.25) is 0 Å². The van der Waals surface area contributed by atoms with Crippen LogP contribution in [0, 0.1) is 5.92 Å². The maximum atomic E-state index is 8.77. The van der Waals surface area contributed by atoms with Crippen molar-refractivity contribution in [3.05, 3.63) is 11.6 Å². The van der Waals surface area contributed by atoms with Crippen LogP contribution in [0.4, 0.5) is 0 Å². The molecule has 2 heteroatoms. The summed E-state index contributed by atoms with van der Waals surface area (Å²) >= 11 is 0. The lowest BCUT2D eigenvalue weighted by atomic mass is 10.1. The average Bonchev–Trinajstić information content (AvgIpc) is 2.14. The van der Waals surface area contributed by atoms with E-state index in [4.69, 9.17) is 5.11 Å². The smallest absolute Gasteiger partial charge is 0.0434 e. The molecule has 2 N–H and O–H groups in total. The number of hydrogen-bond donors (Lipinski definition) is 2. The van der Waals surface area contributed by atoms with Crippen LogP contribution in [0.15, 0.2) is 11.6 Å². The zero-order valence-corrected chi connectivity index (χ0v) is 10.7. The molecule has 2 atom stereocenters. The second-order valence-corrected chi connectivity index (χ2v) is 4.79. The molecule has 0 aliphatic heterocycles. The van der Waals surface area contributed by atoms with Crippen LogP contribution in [0.1, 0.15) is 47.0 Å². The summed E-state index contributed by atoms with van der Waals surface area (Å²) in [4.78, 5) is 0. The molecule has 0 heterocycles. The molecule has 2 unspecified atom stereocenters. The Bertz CT molecular complexity index is 173. The van der Waals surface area contributed by atoms with Crippen LogP contribution in [0.25, 0.3) is 0 Å². The second-order valence-electron chi connectivity index (χ2n) is 4.79. The molecule has 0 radical (unpaired) electrons. The van der Waals surface area contributed by atoms with Crippen molar-refractivity contribution in [2.24, 2.45) is 5.92 Å². The maximum Gasteiger partial charge on any atom is 0.0434 e. The van der Waals surface area contributed by atoms with E-state index in [1.165, 1.54) is 12.0 Å². The van der Waals surface area contributed by atoms with Crippen molar-refractivity contribution in [3.8, 4) is 0 Å². The first-order chi connectivity index (χ1) is 7.06. The van der Waals surface area contributed by atoms with Gasteiger partial charge in [-0.05, 0) is 52.5 Å². The summed E-state index contributed by atoms with van der Waals surface area (Å²) in [5.41, 5.74) is 1.40. The molecular weight excluding hydrogens is 186 g/mol. The fourth-order valence-electron chi connectivity index (χ4n) is 1.45. The van der Waals surface area contributed by atoms with Crippen LogP contribution in [0.2, 0.25) is 0 Å². The van der Waals surface area contributed by atoms with Gasteiger partial charge in [0.25, 0.3) is 0 Å². The van der Waals surface area contributed by atoms with Crippen LogP contribution in [0.5, 0.6) is 0 Å². The van der Waals surface area contributed by atoms with E-state index in [0.717, 1.165) is 19.4 Å². The third kappa shape index (κ3) is 9.95. The molecule has 0 aromatic carbocycles. The van der Waals surface area contributed by atoms with Crippen molar-refractivity contribution >= 4 is 0 Å². The number of hydrogen-bond acceptors (Lipinski definition) is 2. The summed E-state index contributed by atoms with van der Waals surface area (Å²) in [6, 6.07) is 0.571. The number of rotatable bonds is 8. The normalized spacial score (nSPS) is 14.7. The van der Waals surface area contributed by atoms with Crippen molar-refractivity contribution in [1.29, 1.82) is 0 Å². The molecule has 0 fully saturated rings. The van der Waals surface area contributed by atoms with Crippen LogP contribution in [0.3, 0.4) is 0 Å². The SMILES string of the molecule is CC(C)=CCCC(C)NCC(C)CCO. The minimum Gasteiger partial charge on any atom is -0.396 e. The molecule has 0 saturated heterocycles. The molecule has 0 rings (SSSR count). The van der Waals surface area contributed by atoms with Crippen molar-refractivity contribution in [2.45, 2.75) is 53.0 Å². The summed E-state index contributed by atoms with van der Waals surface area (Å²) in [6.45, 7) is 9.99. The fourth-order valence-corrected chi connectivity index (χ4v) is 1.45. The lowest BCUT2D eigenvalue weighted by molar-refractivity contribution is 0.257. The summed E-state index contributed by atoms with van der Waals surface area (Å²) in [6.07, 6.45) is 5.53. The molecule has 15 heavy (non-hydrogen) atoms. The highest BCUT2D eigenvalue weighted by Crippen LogP contribution is 2.03. The molecule has 90 valence electrons. The third-order valence-electron chi connectivity index (χ3n) is 2.59. The first-order valence-electron chi connectivity index (χ1n) is 6.03.